The summed E-state index contributed by atoms with van der Waals surface area (Å²) in [6, 6.07) is 0. The molecule has 0 aromatic carbocycles. The molecular weight excluding hydrogens is 154 g/mol. The average Bonchev–Trinajstić information content (AvgIpc) is 1.88. The molecule has 0 aromatic rings. The van der Waals surface area contributed by atoms with E-state index in [4.69, 9.17) is 5.11 Å². The van der Waals surface area contributed by atoms with Gasteiger partial charge >= 0.3 is 0 Å². The molecule has 60 valence electrons. The van der Waals surface area contributed by atoms with Gasteiger partial charge in [0.25, 0.3) is 0 Å². The molecule has 1 rings (SSSR count). The largest absolute Gasteiger partial charge is 0.760 e. The van der Waals surface area contributed by atoms with Crippen LogP contribution in [0.15, 0.2) is 0 Å². The van der Waals surface area contributed by atoms with Gasteiger partial charge in [0.05, 0.1) is 6.10 Å². The minimum absolute atomic E-state index is 0.260. The van der Waals surface area contributed by atoms with E-state index in [1.807, 2.05) is 0 Å². The first kappa shape index (κ1) is 8.13. The molecule has 0 radical (unpaired) electrons. The van der Waals surface area contributed by atoms with E-state index in [1.54, 1.807) is 0 Å². The molecule has 0 aliphatic carbocycles. The number of hydrogen-bond donors (Lipinski definition) is 1. The molecule has 0 bridgehead atoms. The molecule has 0 amide bonds. The van der Waals surface area contributed by atoms with E-state index in [0.717, 1.165) is 6.42 Å². The van der Waals surface area contributed by atoms with E-state index >= 15 is 0 Å². The van der Waals surface area contributed by atoms with Crippen molar-refractivity contribution in [3.05, 3.63) is 0 Å². The Bertz CT molecular complexity index is 141. The number of nitrogens with zero attached hydrogens (tertiary/aromatic N) is 1. The van der Waals surface area contributed by atoms with Gasteiger partial charge in [0.2, 0.25) is 0 Å². The van der Waals surface area contributed by atoms with Crippen LogP contribution in [0.25, 0.3) is 0 Å². The van der Waals surface area contributed by atoms with Gasteiger partial charge < -0.3 is 9.66 Å². The minimum Gasteiger partial charge on any atom is -0.760 e. The molecule has 1 heterocycles. The van der Waals surface area contributed by atoms with Gasteiger partial charge in [-0.15, -0.1) is 0 Å². The third-order valence-electron chi connectivity index (χ3n) is 1.57. The number of aliphatic hydroxyl groups is 1. The van der Waals surface area contributed by atoms with Crippen LogP contribution in [-0.2, 0) is 11.3 Å². The summed E-state index contributed by atoms with van der Waals surface area (Å²) in [6.07, 6.45) is 1.01. The molecule has 2 atom stereocenters. The molecule has 0 aromatic heterocycles. The molecule has 5 heteroatoms. The van der Waals surface area contributed by atoms with Crippen LogP contribution in [0.4, 0.5) is 0 Å². The highest BCUT2D eigenvalue weighted by atomic mass is 32.2. The van der Waals surface area contributed by atoms with Crippen LogP contribution >= 0.6 is 0 Å². The van der Waals surface area contributed by atoms with Crippen molar-refractivity contribution in [1.29, 1.82) is 0 Å². The zero-order valence-corrected chi connectivity index (χ0v) is 6.34. The molecule has 1 N–H and O–H groups in total. The average molecular weight is 164 g/mol. The van der Waals surface area contributed by atoms with Crippen molar-refractivity contribution in [1.82, 2.24) is 4.31 Å². The Labute approximate surface area is 62.3 Å². The Morgan fingerprint density at radius 1 is 1.70 bits per heavy atom. The fourth-order valence-corrected chi connectivity index (χ4v) is 1.63. The van der Waals surface area contributed by atoms with Crippen LogP contribution in [-0.4, -0.2) is 37.4 Å². The monoisotopic (exact) mass is 164 g/mol. The number of piperidine rings is 1. The minimum atomic E-state index is -2.15. The van der Waals surface area contributed by atoms with Gasteiger partial charge in [-0.1, -0.05) is 0 Å². The van der Waals surface area contributed by atoms with Crippen molar-refractivity contribution in [3.63, 3.8) is 0 Å². The van der Waals surface area contributed by atoms with Gasteiger partial charge in [0.15, 0.2) is 0 Å². The fourth-order valence-electron chi connectivity index (χ4n) is 1.06. The maximum atomic E-state index is 10.3. The molecule has 4 nitrogen and oxygen atoms in total. The van der Waals surface area contributed by atoms with Crippen molar-refractivity contribution in [2.24, 2.45) is 0 Å². The quantitative estimate of drug-likeness (QED) is 0.518. The van der Waals surface area contributed by atoms with Crippen molar-refractivity contribution in [2.75, 3.05) is 13.1 Å². The second-order valence-corrected chi connectivity index (χ2v) is 3.35. The molecule has 1 saturated heterocycles. The number of rotatable bonds is 1. The zero-order valence-electron chi connectivity index (χ0n) is 5.52. The smallest absolute Gasteiger partial charge is 0.0677 e. The van der Waals surface area contributed by atoms with Crippen molar-refractivity contribution >= 4 is 11.3 Å². The Kier molecular flexibility index (Phi) is 2.79. The lowest BCUT2D eigenvalue weighted by atomic mass is 10.1. The second kappa shape index (κ2) is 3.43. The highest BCUT2D eigenvalue weighted by Gasteiger charge is 2.17. The van der Waals surface area contributed by atoms with E-state index in [0.29, 0.717) is 13.0 Å². The highest BCUT2D eigenvalue weighted by Crippen LogP contribution is 2.09. The lowest BCUT2D eigenvalue weighted by Crippen LogP contribution is -2.39. The summed E-state index contributed by atoms with van der Waals surface area (Å²) in [7, 11) is 0. The van der Waals surface area contributed by atoms with Crippen molar-refractivity contribution < 1.29 is 13.9 Å². The van der Waals surface area contributed by atoms with E-state index in [9.17, 15) is 8.76 Å². The van der Waals surface area contributed by atoms with Crippen molar-refractivity contribution in [2.45, 2.75) is 18.9 Å². The van der Waals surface area contributed by atoms with Gasteiger partial charge in [-0.05, 0) is 12.8 Å². The SMILES string of the molecule is O=S([O-])N1CCC[C@@H](O)C1. The molecule has 1 fully saturated rings. The maximum absolute atomic E-state index is 10.3. The van der Waals surface area contributed by atoms with Crippen molar-refractivity contribution in [3.8, 4) is 0 Å². The van der Waals surface area contributed by atoms with Gasteiger partial charge in [-0.25, -0.2) is 4.31 Å². The van der Waals surface area contributed by atoms with E-state index in [1.165, 1.54) is 4.31 Å². The van der Waals surface area contributed by atoms with E-state index < -0.39 is 17.4 Å². The lowest BCUT2D eigenvalue weighted by molar-refractivity contribution is 0.107. The summed E-state index contributed by atoms with van der Waals surface area (Å²) in [5.41, 5.74) is 0. The third kappa shape index (κ3) is 2.02. The van der Waals surface area contributed by atoms with Crippen LogP contribution < -0.4 is 0 Å². The Morgan fingerprint density at radius 3 is 2.80 bits per heavy atom. The Hall–Kier alpha value is 0.0300. The van der Waals surface area contributed by atoms with Crippen LogP contribution in [0, 0.1) is 0 Å². The first-order valence-corrected chi connectivity index (χ1v) is 4.25. The predicted octanol–water partition coefficient (Wildman–Crippen LogP) is -0.763. The molecular formula is C5H10NO3S-. The maximum Gasteiger partial charge on any atom is 0.0677 e. The summed E-state index contributed by atoms with van der Waals surface area (Å²) in [4.78, 5) is 0. The van der Waals surface area contributed by atoms with E-state index in [-0.39, 0.29) is 6.54 Å². The number of aliphatic hydroxyl groups excluding tert-OH is 1. The van der Waals surface area contributed by atoms with Gasteiger partial charge in [0.1, 0.15) is 0 Å². The van der Waals surface area contributed by atoms with Gasteiger partial charge in [-0.2, -0.15) is 0 Å². The fraction of sp³-hybridized carbons (Fsp3) is 1.00. The van der Waals surface area contributed by atoms with Crippen LogP contribution in [0.2, 0.25) is 0 Å². The summed E-state index contributed by atoms with van der Waals surface area (Å²) in [5, 5.41) is 9.01. The second-order valence-electron chi connectivity index (χ2n) is 2.40. The standard InChI is InChI=1S/C5H11NO3S/c7-5-2-1-3-6(4-5)10(8)9/h5,7H,1-4H2,(H,8,9)/p-1/t5-/m1/s1. The predicted molar refractivity (Wildman–Crippen MR) is 35.7 cm³/mol. The summed E-state index contributed by atoms with van der Waals surface area (Å²) >= 11 is -2.15. The van der Waals surface area contributed by atoms with Gasteiger partial charge in [0, 0.05) is 24.4 Å². The molecule has 1 unspecified atom stereocenters. The Morgan fingerprint density at radius 2 is 2.40 bits per heavy atom. The Balaban J connectivity index is 2.39. The summed E-state index contributed by atoms with van der Waals surface area (Å²) in [6.45, 7) is 0.809. The van der Waals surface area contributed by atoms with Crippen LogP contribution in [0.1, 0.15) is 12.8 Å². The van der Waals surface area contributed by atoms with Crippen LogP contribution in [0.5, 0.6) is 0 Å². The number of hydrogen-bond acceptors (Lipinski definition) is 3. The summed E-state index contributed by atoms with van der Waals surface area (Å²) < 4.78 is 21.9. The molecule has 0 spiro atoms. The van der Waals surface area contributed by atoms with Gasteiger partial charge in [-0.3, -0.25) is 4.21 Å². The molecule has 1 aliphatic heterocycles. The molecule has 1 aliphatic rings. The lowest BCUT2D eigenvalue weighted by Gasteiger charge is -2.30. The third-order valence-corrected chi connectivity index (χ3v) is 2.32. The first-order chi connectivity index (χ1) is 4.70. The molecule has 10 heavy (non-hydrogen) atoms. The molecule has 0 saturated carbocycles. The summed E-state index contributed by atoms with van der Waals surface area (Å²) in [5.74, 6) is 0. The zero-order chi connectivity index (χ0) is 7.56. The normalized spacial score (nSPS) is 32.0. The number of β-amino-alcohol motifs (C(OH)–C–C–N with tert-alkyl or cyclic N) is 1. The van der Waals surface area contributed by atoms with E-state index in [2.05, 4.69) is 0 Å². The highest BCUT2D eigenvalue weighted by molar-refractivity contribution is 7.76. The van der Waals surface area contributed by atoms with Crippen LogP contribution in [0.3, 0.4) is 0 Å². The first-order valence-electron chi connectivity index (χ1n) is 3.22. The topological polar surface area (TPSA) is 63.6 Å².